The smallest absolute Gasteiger partial charge is 0.130 e. The number of methoxy groups -OCH3 is 1. The molecule has 1 unspecified atom stereocenters. The largest absolute Gasteiger partial charge is 0.496 e. The van der Waals surface area contributed by atoms with Crippen molar-refractivity contribution in [1.29, 1.82) is 0 Å². The van der Waals surface area contributed by atoms with Gasteiger partial charge in [0.05, 0.1) is 13.2 Å². The standard InChI is InChI=1S/C13H19FO2/c1-9(15)7-10-8-11(13(2,3)14)5-6-12(10)16-4/h5-6,8-9,15H,7H2,1-4H3. The van der Waals surface area contributed by atoms with E-state index in [-0.39, 0.29) is 0 Å². The number of ether oxygens (including phenoxy) is 1. The molecular weight excluding hydrogens is 207 g/mol. The summed E-state index contributed by atoms with van der Waals surface area (Å²) < 4.78 is 19.0. The molecule has 1 aromatic carbocycles. The Morgan fingerprint density at radius 1 is 1.44 bits per heavy atom. The highest BCUT2D eigenvalue weighted by molar-refractivity contribution is 5.39. The summed E-state index contributed by atoms with van der Waals surface area (Å²) in [5, 5.41) is 9.37. The van der Waals surface area contributed by atoms with Crippen molar-refractivity contribution in [3.63, 3.8) is 0 Å². The van der Waals surface area contributed by atoms with E-state index in [1.807, 2.05) is 0 Å². The van der Waals surface area contributed by atoms with Crippen LogP contribution in [0.15, 0.2) is 18.2 Å². The predicted octanol–water partition coefficient (Wildman–Crippen LogP) is 2.82. The molecule has 2 nitrogen and oxygen atoms in total. The Balaban J connectivity index is 3.11. The molecule has 0 saturated heterocycles. The molecule has 0 heterocycles. The molecule has 0 bridgehead atoms. The van der Waals surface area contributed by atoms with Gasteiger partial charge in [0.1, 0.15) is 11.4 Å². The minimum absolute atomic E-state index is 0.465. The molecular formula is C13H19FO2. The summed E-state index contributed by atoms with van der Waals surface area (Å²) in [6.07, 6.45) is -0.000488. The third-order valence-electron chi connectivity index (χ3n) is 2.48. The van der Waals surface area contributed by atoms with Gasteiger partial charge in [-0.15, -0.1) is 0 Å². The van der Waals surface area contributed by atoms with Gasteiger partial charge in [-0.3, -0.25) is 0 Å². The lowest BCUT2D eigenvalue weighted by atomic mass is 9.96. The van der Waals surface area contributed by atoms with E-state index in [0.29, 0.717) is 17.7 Å². The van der Waals surface area contributed by atoms with Crippen molar-refractivity contribution in [1.82, 2.24) is 0 Å². The zero-order valence-electron chi connectivity index (χ0n) is 10.2. The molecule has 0 spiro atoms. The average molecular weight is 226 g/mol. The van der Waals surface area contributed by atoms with E-state index in [9.17, 15) is 9.50 Å². The Morgan fingerprint density at radius 2 is 2.06 bits per heavy atom. The molecule has 0 radical (unpaired) electrons. The molecule has 3 heteroatoms. The molecule has 0 saturated carbocycles. The van der Waals surface area contributed by atoms with E-state index in [2.05, 4.69) is 0 Å². The molecule has 0 fully saturated rings. The van der Waals surface area contributed by atoms with Crippen LogP contribution in [0.4, 0.5) is 4.39 Å². The summed E-state index contributed by atoms with van der Waals surface area (Å²) in [4.78, 5) is 0. The van der Waals surface area contributed by atoms with Crippen LogP contribution in [-0.4, -0.2) is 18.3 Å². The molecule has 1 rings (SSSR count). The topological polar surface area (TPSA) is 29.5 Å². The first-order valence-electron chi connectivity index (χ1n) is 5.39. The second-order valence-corrected chi connectivity index (χ2v) is 4.55. The SMILES string of the molecule is COc1ccc(C(C)(C)F)cc1CC(C)O. The van der Waals surface area contributed by atoms with Crippen molar-refractivity contribution in [3.05, 3.63) is 29.3 Å². The molecule has 0 aliphatic rings. The maximum absolute atomic E-state index is 13.8. The molecule has 1 atom stereocenters. The summed E-state index contributed by atoms with van der Waals surface area (Å²) in [5.41, 5.74) is 0.0596. The summed E-state index contributed by atoms with van der Waals surface area (Å²) >= 11 is 0. The van der Waals surface area contributed by atoms with Gasteiger partial charge >= 0.3 is 0 Å². The fourth-order valence-electron chi connectivity index (χ4n) is 1.63. The number of aliphatic hydroxyl groups excluding tert-OH is 1. The highest BCUT2D eigenvalue weighted by Gasteiger charge is 2.20. The van der Waals surface area contributed by atoms with Gasteiger partial charge in [0, 0.05) is 6.42 Å². The van der Waals surface area contributed by atoms with E-state index in [4.69, 9.17) is 4.74 Å². The normalized spacial score (nSPS) is 13.6. The molecule has 0 aliphatic heterocycles. The van der Waals surface area contributed by atoms with Crippen LogP contribution >= 0.6 is 0 Å². The number of halogens is 1. The molecule has 1 N–H and O–H groups in total. The zero-order valence-corrected chi connectivity index (χ0v) is 10.2. The lowest BCUT2D eigenvalue weighted by Gasteiger charge is -2.18. The van der Waals surface area contributed by atoms with Gasteiger partial charge in [-0.2, -0.15) is 0 Å². The molecule has 90 valence electrons. The minimum atomic E-state index is -1.38. The van der Waals surface area contributed by atoms with Crippen LogP contribution in [0.2, 0.25) is 0 Å². The van der Waals surface area contributed by atoms with Crippen molar-refractivity contribution in [3.8, 4) is 5.75 Å². The second-order valence-electron chi connectivity index (χ2n) is 4.55. The van der Waals surface area contributed by atoms with Crippen molar-refractivity contribution in [2.75, 3.05) is 7.11 Å². The maximum Gasteiger partial charge on any atom is 0.130 e. The summed E-state index contributed by atoms with van der Waals surface area (Å²) in [7, 11) is 1.57. The van der Waals surface area contributed by atoms with Gasteiger partial charge in [-0.25, -0.2) is 4.39 Å². The number of hydrogen-bond acceptors (Lipinski definition) is 2. The van der Waals surface area contributed by atoms with E-state index < -0.39 is 11.8 Å². The van der Waals surface area contributed by atoms with E-state index in [0.717, 1.165) is 5.56 Å². The Kier molecular flexibility index (Phi) is 3.92. The summed E-state index contributed by atoms with van der Waals surface area (Å²) in [6, 6.07) is 5.21. The van der Waals surface area contributed by atoms with Gasteiger partial charge in [0.2, 0.25) is 0 Å². The van der Waals surface area contributed by atoms with Crippen LogP contribution in [0.3, 0.4) is 0 Å². The fourth-order valence-corrected chi connectivity index (χ4v) is 1.63. The van der Waals surface area contributed by atoms with Crippen LogP contribution in [-0.2, 0) is 12.1 Å². The second kappa shape index (κ2) is 4.83. The van der Waals surface area contributed by atoms with Gasteiger partial charge < -0.3 is 9.84 Å². The number of alkyl halides is 1. The third-order valence-corrected chi connectivity index (χ3v) is 2.48. The number of benzene rings is 1. The van der Waals surface area contributed by atoms with Crippen LogP contribution < -0.4 is 4.74 Å². The monoisotopic (exact) mass is 226 g/mol. The summed E-state index contributed by atoms with van der Waals surface area (Å²) in [6.45, 7) is 4.73. The fraction of sp³-hybridized carbons (Fsp3) is 0.538. The number of aliphatic hydroxyl groups is 1. The number of hydrogen-bond donors (Lipinski definition) is 1. The van der Waals surface area contributed by atoms with Crippen molar-refractivity contribution in [2.24, 2.45) is 0 Å². The quantitative estimate of drug-likeness (QED) is 0.855. The molecule has 0 amide bonds. The molecule has 16 heavy (non-hydrogen) atoms. The van der Waals surface area contributed by atoms with Gasteiger partial charge in [0.15, 0.2) is 0 Å². The molecule has 1 aromatic rings. The highest BCUT2D eigenvalue weighted by Crippen LogP contribution is 2.29. The van der Waals surface area contributed by atoms with Crippen LogP contribution in [0.5, 0.6) is 5.75 Å². The van der Waals surface area contributed by atoms with Crippen molar-refractivity contribution in [2.45, 2.75) is 39.0 Å². The predicted molar refractivity (Wildman–Crippen MR) is 62.5 cm³/mol. The lowest BCUT2D eigenvalue weighted by molar-refractivity contribution is 0.193. The first-order valence-corrected chi connectivity index (χ1v) is 5.39. The van der Waals surface area contributed by atoms with E-state index >= 15 is 0 Å². The third kappa shape index (κ3) is 3.20. The van der Waals surface area contributed by atoms with Crippen LogP contribution in [0.1, 0.15) is 31.9 Å². The Bertz CT molecular complexity index is 353. The maximum atomic E-state index is 13.8. The number of rotatable bonds is 4. The molecule has 0 aliphatic carbocycles. The van der Waals surface area contributed by atoms with Crippen molar-refractivity contribution >= 4 is 0 Å². The lowest BCUT2D eigenvalue weighted by Crippen LogP contribution is -2.12. The Labute approximate surface area is 96.1 Å². The van der Waals surface area contributed by atoms with Gasteiger partial charge in [-0.05, 0) is 44.0 Å². The van der Waals surface area contributed by atoms with Gasteiger partial charge in [0.25, 0.3) is 0 Å². The average Bonchev–Trinajstić information content (AvgIpc) is 2.15. The molecule has 0 aromatic heterocycles. The highest BCUT2D eigenvalue weighted by atomic mass is 19.1. The van der Waals surface area contributed by atoms with Crippen LogP contribution in [0, 0.1) is 0 Å². The summed E-state index contributed by atoms with van der Waals surface area (Å²) in [5.74, 6) is 0.689. The van der Waals surface area contributed by atoms with Crippen LogP contribution in [0.25, 0.3) is 0 Å². The minimum Gasteiger partial charge on any atom is -0.496 e. The Hall–Kier alpha value is -1.09. The Morgan fingerprint density at radius 3 is 2.50 bits per heavy atom. The zero-order chi connectivity index (χ0) is 12.3. The van der Waals surface area contributed by atoms with Crippen molar-refractivity contribution < 1.29 is 14.2 Å². The van der Waals surface area contributed by atoms with E-state index in [1.165, 1.54) is 13.8 Å². The van der Waals surface area contributed by atoms with Gasteiger partial charge in [-0.1, -0.05) is 6.07 Å². The van der Waals surface area contributed by atoms with E-state index in [1.54, 1.807) is 32.2 Å². The first kappa shape index (κ1) is 13.0. The first-order chi connectivity index (χ1) is 7.34.